The van der Waals surface area contributed by atoms with Gasteiger partial charge < -0.3 is 22.1 Å². The minimum Gasteiger partial charge on any atom is -0.368 e. The van der Waals surface area contributed by atoms with Gasteiger partial charge in [0.2, 0.25) is 21.9 Å². The van der Waals surface area contributed by atoms with Crippen LogP contribution < -0.4 is 27.2 Å². The van der Waals surface area contributed by atoms with Crippen LogP contribution in [0.15, 0.2) is 53.4 Å². The number of aromatic nitrogens is 2. The molecule has 3 rings (SSSR count). The Labute approximate surface area is 190 Å². The molecule has 0 bridgehead atoms. The molecule has 2 aromatic carbocycles. The van der Waals surface area contributed by atoms with Gasteiger partial charge in [-0.3, -0.25) is 4.79 Å². The summed E-state index contributed by atoms with van der Waals surface area (Å²) >= 11 is 0. The van der Waals surface area contributed by atoms with Gasteiger partial charge >= 0.3 is 0 Å². The molecule has 0 aliphatic heterocycles. The molecule has 10 nitrogen and oxygen atoms in total. The Hall–Kier alpha value is -3.61. The van der Waals surface area contributed by atoms with E-state index in [4.69, 9.17) is 16.6 Å². The highest BCUT2D eigenvalue weighted by Crippen LogP contribution is 2.28. The number of sulfonamides is 1. The fourth-order valence-electron chi connectivity index (χ4n) is 3.07. The Balaban J connectivity index is 1.79. The van der Waals surface area contributed by atoms with Gasteiger partial charge in [0.15, 0.2) is 11.6 Å². The number of nitrogens with two attached hydrogens (primary N) is 3. The lowest BCUT2D eigenvalue weighted by molar-refractivity contribution is -0.120. The van der Waals surface area contributed by atoms with Crippen LogP contribution in [-0.2, 0) is 21.4 Å². The Bertz CT molecular complexity index is 1250. The maximum absolute atomic E-state index is 15.1. The third kappa shape index (κ3) is 6.00. The van der Waals surface area contributed by atoms with Gasteiger partial charge in [0.1, 0.15) is 5.69 Å². The maximum atomic E-state index is 15.1. The zero-order chi connectivity index (χ0) is 24.2. The summed E-state index contributed by atoms with van der Waals surface area (Å²) in [5.41, 5.74) is 12.7. The first-order valence-electron chi connectivity index (χ1n) is 9.93. The molecular weight excluding hydrogens is 449 g/mol. The van der Waals surface area contributed by atoms with E-state index >= 15 is 4.39 Å². The predicted octanol–water partition coefficient (Wildman–Crippen LogP) is 1.61. The molecule has 0 aliphatic rings. The molecule has 0 fully saturated rings. The summed E-state index contributed by atoms with van der Waals surface area (Å²) in [5.74, 6) is -1.48. The van der Waals surface area contributed by atoms with Crippen LogP contribution in [0.3, 0.4) is 0 Å². The molecule has 0 radical (unpaired) electrons. The van der Waals surface area contributed by atoms with Gasteiger partial charge in [-0.15, -0.1) is 0 Å². The van der Waals surface area contributed by atoms with Crippen LogP contribution in [0.1, 0.15) is 18.9 Å². The SMILES string of the molecule is CCC(NCc1ccc(Nc2nc(N)nc(-c3ccc(S(N)(=O)=O)cc3)c2F)cc1)C(N)=O. The van der Waals surface area contributed by atoms with Crippen molar-refractivity contribution in [3.63, 3.8) is 0 Å². The van der Waals surface area contributed by atoms with E-state index in [-0.39, 0.29) is 22.4 Å². The molecule has 1 unspecified atom stereocenters. The largest absolute Gasteiger partial charge is 0.368 e. The van der Waals surface area contributed by atoms with E-state index < -0.39 is 27.8 Å². The van der Waals surface area contributed by atoms with E-state index in [0.717, 1.165) is 5.56 Å². The summed E-state index contributed by atoms with van der Waals surface area (Å²) in [5, 5.41) is 11.0. The number of rotatable bonds is 9. The van der Waals surface area contributed by atoms with Gasteiger partial charge in [0.25, 0.3) is 0 Å². The molecular formula is C21H24FN7O3S. The minimum atomic E-state index is -3.88. The Morgan fingerprint density at radius 3 is 2.27 bits per heavy atom. The molecule has 0 spiro atoms. The molecule has 1 atom stereocenters. The number of nitrogen functional groups attached to an aromatic ring is 1. The molecule has 33 heavy (non-hydrogen) atoms. The first-order chi connectivity index (χ1) is 15.6. The molecule has 1 amide bonds. The number of nitrogens with zero attached hydrogens (tertiary/aromatic N) is 2. The summed E-state index contributed by atoms with van der Waals surface area (Å²) < 4.78 is 38.0. The van der Waals surface area contributed by atoms with Crippen LogP contribution in [0, 0.1) is 5.82 Å². The molecule has 0 saturated heterocycles. The monoisotopic (exact) mass is 473 g/mol. The number of primary sulfonamides is 1. The standard InChI is InChI=1S/C21H24FN7O3S/c1-2-16(19(23)30)26-11-12-3-7-14(8-4-12)27-20-17(22)18(28-21(24)29-20)13-5-9-15(10-6-13)33(25,31)32/h3-10,16,26H,2,11H2,1H3,(H2,23,30)(H2,25,31,32)(H3,24,27,28,29). The number of nitrogens with one attached hydrogen (secondary N) is 2. The molecule has 12 heteroatoms. The van der Waals surface area contributed by atoms with Crippen LogP contribution >= 0.6 is 0 Å². The summed E-state index contributed by atoms with van der Waals surface area (Å²) in [6, 6.07) is 11.9. The zero-order valence-electron chi connectivity index (χ0n) is 17.7. The normalized spacial score (nSPS) is 12.3. The summed E-state index contributed by atoms with van der Waals surface area (Å²) in [6.07, 6.45) is 0.580. The number of carbonyl (C=O) groups excluding carboxylic acids is 1. The Morgan fingerprint density at radius 2 is 1.73 bits per heavy atom. The van der Waals surface area contributed by atoms with Crippen molar-refractivity contribution in [2.75, 3.05) is 11.1 Å². The van der Waals surface area contributed by atoms with E-state index in [1.165, 1.54) is 24.3 Å². The maximum Gasteiger partial charge on any atom is 0.238 e. The smallest absolute Gasteiger partial charge is 0.238 e. The first-order valence-corrected chi connectivity index (χ1v) is 11.5. The molecule has 1 heterocycles. The highest BCUT2D eigenvalue weighted by Gasteiger charge is 2.17. The van der Waals surface area contributed by atoms with E-state index in [1.54, 1.807) is 24.3 Å². The Morgan fingerprint density at radius 1 is 1.09 bits per heavy atom. The van der Waals surface area contributed by atoms with Crippen molar-refractivity contribution >= 4 is 33.4 Å². The second kappa shape index (κ2) is 9.90. The van der Waals surface area contributed by atoms with Crippen molar-refractivity contribution in [2.24, 2.45) is 10.9 Å². The van der Waals surface area contributed by atoms with Gasteiger partial charge in [-0.2, -0.15) is 4.98 Å². The lowest BCUT2D eigenvalue weighted by Crippen LogP contribution is -2.40. The lowest BCUT2D eigenvalue weighted by Gasteiger charge is -2.14. The number of anilines is 3. The molecule has 1 aromatic heterocycles. The molecule has 3 aromatic rings. The number of halogens is 1. The van der Waals surface area contributed by atoms with Gasteiger partial charge in [-0.25, -0.2) is 22.9 Å². The third-order valence-corrected chi connectivity index (χ3v) is 5.77. The predicted molar refractivity (Wildman–Crippen MR) is 123 cm³/mol. The first kappa shape index (κ1) is 24.0. The van der Waals surface area contributed by atoms with Crippen molar-refractivity contribution in [3.8, 4) is 11.3 Å². The van der Waals surface area contributed by atoms with Crippen molar-refractivity contribution in [2.45, 2.75) is 30.8 Å². The number of hydrogen-bond donors (Lipinski definition) is 5. The van der Waals surface area contributed by atoms with Gasteiger partial charge in [-0.05, 0) is 36.2 Å². The summed E-state index contributed by atoms with van der Waals surface area (Å²) in [7, 11) is -3.88. The fourth-order valence-corrected chi connectivity index (χ4v) is 3.59. The average Bonchev–Trinajstić information content (AvgIpc) is 2.77. The molecule has 0 saturated carbocycles. The lowest BCUT2D eigenvalue weighted by atomic mass is 10.1. The molecule has 174 valence electrons. The topological polar surface area (TPSA) is 179 Å². The van der Waals surface area contributed by atoms with E-state index in [1.807, 2.05) is 6.92 Å². The van der Waals surface area contributed by atoms with Crippen LogP contribution in [0.25, 0.3) is 11.3 Å². The second-order valence-electron chi connectivity index (χ2n) is 7.23. The fraction of sp³-hybridized carbons (Fsp3) is 0.190. The third-order valence-electron chi connectivity index (χ3n) is 4.85. The van der Waals surface area contributed by atoms with Crippen LogP contribution in [0.4, 0.5) is 21.8 Å². The average molecular weight is 474 g/mol. The van der Waals surface area contributed by atoms with Crippen molar-refractivity contribution in [1.29, 1.82) is 0 Å². The van der Waals surface area contributed by atoms with Crippen molar-refractivity contribution in [1.82, 2.24) is 15.3 Å². The van der Waals surface area contributed by atoms with Gasteiger partial charge in [-0.1, -0.05) is 31.2 Å². The van der Waals surface area contributed by atoms with Crippen molar-refractivity contribution < 1.29 is 17.6 Å². The Kier molecular flexibility index (Phi) is 7.21. The van der Waals surface area contributed by atoms with Crippen molar-refractivity contribution in [3.05, 3.63) is 59.9 Å². The number of benzene rings is 2. The number of hydrogen-bond acceptors (Lipinski definition) is 8. The van der Waals surface area contributed by atoms with Crippen LogP contribution in [0.2, 0.25) is 0 Å². The van der Waals surface area contributed by atoms with E-state index in [0.29, 0.717) is 24.2 Å². The number of amides is 1. The van der Waals surface area contributed by atoms with Crippen LogP contribution in [-0.4, -0.2) is 30.3 Å². The zero-order valence-corrected chi connectivity index (χ0v) is 18.6. The van der Waals surface area contributed by atoms with Gasteiger partial charge in [0, 0.05) is 17.8 Å². The van der Waals surface area contributed by atoms with Crippen LogP contribution in [0.5, 0.6) is 0 Å². The number of primary amides is 1. The van der Waals surface area contributed by atoms with Gasteiger partial charge in [0.05, 0.1) is 10.9 Å². The summed E-state index contributed by atoms with van der Waals surface area (Å²) in [6.45, 7) is 2.30. The van der Waals surface area contributed by atoms with E-state index in [9.17, 15) is 13.2 Å². The number of carbonyl (C=O) groups is 1. The highest BCUT2D eigenvalue weighted by atomic mass is 32.2. The highest BCUT2D eigenvalue weighted by molar-refractivity contribution is 7.89. The molecule has 8 N–H and O–H groups in total. The quantitative estimate of drug-likeness (QED) is 0.311. The summed E-state index contributed by atoms with van der Waals surface area (Å²) in [4.78, 5) is 19.1. The second-order valence-corrected chi connectivity index (χ2v) is 8.79. The molecule has 0 aliphatic carbocycles. The minimum absolute atomic E-state index is 0.0937. The van der Waals surface area contributed by atoms with E-state index in [2.05, 4.69) is 20.6 Å².